The van der Waals surface area contributed by atoms with Gasteiger partial charge in [0.05, 0.1) is 17.9 Å². The molecule has 0 aliphatic carbocycles. The van der Waals surface area contributed by atoms with Crippen molar-refractivity contribution in [2.24, 2.45) is 0 Å². The van der Waals surface area contributed by atoms with Crippen LogP contribution < -0.4 is 0 Å². The minimum atomic E-state index is -0.145. The molecule has 0 N–H and O–H groups in total. The van der Waals surface area contributed by atoms with Gasteiger partial charge in [-0.25, -0.2) is 4.68 Å². The van der Waals surface area contributed by atoms with Crippen LogP contribution in [0.5, 0.6) is 0 Å². The lowest BCUT2D eigenvalue weighted by molar-refractivity contribution is 0.608. The van der Waals surface area contributed by atoms with E-state index < -0.39 is 0 Å². The second-order valence-corrected chi connectivity index (χ2v) is 5.43. The maximum absolute atomic E-state index is 8.73. The zero-order chi connectivity index (χ0) is 11.4. The van der Waals surface area contributed by atoms with Crippen LogP contribution in [-0.2, 0) is 6.54 Å². The number of tetrazole rings is 1. The highest BCUT2D eigenvalue weighted by Crippen LogP contribution is 2.20. The van der Waals surface area contributed by atoms with Crippen molar-refractivity contribution >= 4 is 23.1 Å². The van der Waals surface area contributed by atoms with Crippen LogP contribution in [0.25, 0.3) is 0 Å². The maximum atomic E-state index is 8.73. The Kier molecular flexibility index (Phi) is 3.54. The monoisotopic (exact) mass is 251 g/mol. The number of thiophene rings is 1. The topological polar surface area (TPSA) is 67.4 Å². The van der Waals surface area contributed by atoms with Gasteiger partial charge in [-0.05, 0) is 28.8 Å². The third kappa shape index (κ3) is 2.59. The Balaban J connectivity index is 2.11. The van der Waals surface area contributed by atoms with E-state index in [4.69, 9.17) is 5.26 Å². The molecule has 0 radical (unpaired) electrons. The minimum Gasteiger partial charge on any atom is -0.215 e. The molecule has 2 aromatic rings. The Morgan fingerprint density at radius 3 is 3.25 bits per heavy atom. The van der Waals surface area contributed by atoms with Crippen LogP contribution in [0.2, 0.25) is 0 Å². The highest BCUT2D eigenvalue weighted by atomic mass is 32.2. The molecule has 0 fully saturated rings. The van der Waals surface area contributed by atoms with Crippen molar-refractivity contribution < 1.29 is 0 Å². The molecule has 0 unspecified atom stereocenters. The molecule has 0 amide bonds. The van der Waals surface area contributed by atoms with Crippen LogP contribution in [-0.4, -0.2) is 25.5 Å². The second-order valence-electron chi connectivity index (χ2n) is 3.09. The molecule has 16 heavy (non-hydrogen) atoms. The molecular formula is C9H9N5S2. The second kappa shape index (κ2) is 5.09. The predicted octanol–water partition coefficient (Wildman–Crippen LogP) is 1.79. The van der Waals surface area contributed by atoms with Gasteiger partial charge in [-0.15, -0.1) is 16.4 Å². The van der Waals surface area contributed by atoms with Crippen molar-refractivity contribution in [1.82, 2.24) is 20.2 Å². The van der Waals surface area contributed by atoms with Gasteiger partial charge < -0.3 is 0 Å². The lowest BCUT2D eigenvalue weighted by Gasteiger charge is -2.02. The normalized spacial score (nSPS) is 12.2. The fourth-order valence-corrected chi connectivity index (χ4v) is 2.48. The Hall–Kier alpha value is -1.39. The highest BCUT2D eigenvalue weighted by Gasteiger charge is 2.11. The number of aromatic nitrogens is 4. The number of hydrogen-bond donors (Lipinski definition) is 0. The quantitative estimate of drug-likeness (QED) is 0.775. The van der Waals surface area contributed by atoms with Gasteiger partial charge in [-0.2, -0.15) is 5.26 Å². The summed E-state index contributed by atoms with van der Waals surface area (Å²) < 4.78 is 1.71. The summed E-state index contributed by atoms with van der Waals surface area (Å²) in [6, 6.07) is 6.18. The Morgan fingerprint density at radius 2 is 2.56 bits per heavy atom. The van der Waals surface area contributed by atoms with Crippen molar-refractivity contribution in [3.63, 3.8) is 0 Å². The number of nitriles is 1. The van der Waals surface area contributed by atoms with E-state index >= 15 is 0 Å². The standard InChI is InChI=1S/C9H9N5S2/c1-7(5-10)16-9-11-12-13-14(9)6-8-3-2-4-15-8/h2-4,7H,6H2,1H3/t7-/m0/s1. The number of rotatable bonds is 4. The summed E-state index contributed by atoms with van der Waals surface area (Å²) in [6.07, 6.45) is 0. The van der Waals surface area contributed by atoms with Crippen LogP contribution in [0.3, 0.4) is 0 Å². The molecule has 7 heteroatoms. The molecule has 2 aromatic heterocycles. The molecule has 0 bridgehead atoms. The molecule has 1 atom stereocenters. The molecule has 0 aliphatic rings. The molecule has 0 spiro atoms. The first-order chi connectivity index (χ1) is 7.79. The first-order valence-electron chi connectivity index (χ1n) is 4.64. The average molecular weight is 251 g/mol. The van der Waals surface area contributed by atoms with Crippen LogP contribution >= 0.6 is 23.1 Å². The summed E-state index contributed by atoms with van der Waals surface area (Å²) in [5.74, 6) is 0. The van der Waals surface area contributed by atoms with Gasteiger partial charge >= 0.3 is 0 Å². The van der Waals surface area contributed by atoms with Gasteiger partial charge in [0.2, 0.25) is 5.16 Å². The summed E-state index contributed by atoms with van der Waals surface area (Å²) in [5, 5.41) is 22.7. The SMILES string of the molecule is C[C@@H](C#N)Sc1nnnn1Cc1cccs1. The molecule has 2 rings (SSSR count). The van der Waals surface area contributed by atoms with E-state index in [0.29, 0.717) is 11.7 Å². The van der Waals surface area contributed by atoms with Crippen molar-refractivity contribution in [3.05, 3.63) is 22.4 Å². The number of hydrogen-bond acceptors (Lipinski definition) is 6. The minimum absolute atomic E-state index is 0.145. The van der Waals surface area contributed by atoms with E-state index in [1.807, 2.05) is 24.4 Å². The van der Waals surface area contributed by atoms with E-state index in [1.54, 1.807) is 16.0 Å². The Labute approximate surface area is 101 Å². The summed E-state index contributed by atoms with van der Waals surface area (Å²) in [7, 11) is 0. The van der Waals surface area contributed by atoms with Gasteiger partial charge in [-0.1, -0.05) is 17.8 Å². The summed E-state index contributed by atoms with van der Waals surface area (Å²) in [6.45, 7) is 2.49. The maximum Gasteiger partial charge on any atom is 0.210 e. The summed E-state index contributed by atoms with van der Waals surface area (Å²) in [4.78, 5) is 1.19. The van der Waals surface area contributed by atoms with Crippen LogP contribution in [0, 0.1) is 11.3 Å². The zero-order valence-electron chi connectivity index (χ0n) is 8.57. The van der Waals surface area contributed by atoms with Crippen LogP contribution in [0.15, 0.2) is 22.7 Å². The van der Waals surface area contributed by atoms with Crippen molar-refractivity contribution in [3.8, 4) is 6.07 Å². The van der Waals surface area contributed by atoms with E-state index in [2.05, 4.69) is 21.6 Å². The van der Waals surface area contributed by atoms with Crippen LogP contribution in [0.1, 0.15) is 11.8 Å². The predicted molar refractivity (Wildman–Crippen MR) is 62.2 cm³/mol. The molecule has 2 heterocycles. The summed E-state index contributed by atoms with van der Waals surface area (Å²) >= 11 is 3.03. The van der Waals surface area contributed by atoms with E-state index in [0.717, 1.165) is 0 Å². The molecule has 0 aliphatic heterocycles. The first-order valence-corrected chi connectivity index (χ1v) is 6.40. The van der Waals surface area contributed by atoms with Gasteiger partial charge in [0.15, 0.2) is 0 Å². The van der Waals surface area contributed by atoms with Gasteiger partial charge in [-0.3, -0.25) is 0 Å². The molecule has 5 nitrogen and oxygen atoms in total. The smallest absolute Gasteiger partial charge is 0.210 e. The van der Waals surface area contributed by atoms with Crippen LogP contribution in [0.4, 0.5) is 0 Å². The Morgan fingerprint density at radius 1 is 1.69 bits per heavy atom. The first kappa shape index (κ1) is 11.1. The molecular weight excluding hydrogens is 242 g/mol. The number of nitrogens with zero attached hydrogens (tertiary/aromatic N) is 5. The van der Waals surface area contributed by atoms with E-state index in [1.165, 1.54) is 16.6 Å². The van der Waals surface area contributed by atoms with E-state index in [-0.39, 0.29) is 5.25 Å². The van der Waals surface area contributed by atoms with Gasteiger partial charge in [0.25, 0.3) is 0 Å². The average Bonchev–Trinajstić information content (AvgIpc) is 2.92. The molecule has 0 saturated carbocycles. The highest BCUT2D eigenvalue weighted by molar-refractivity contribution is 8.00. The molecule has 82 valence electrons. The third-order valence-electron chi connectivity index (χ3n) is 1.85. The largest absolute Gasteiger partial charge is 0.215 e. The van der Waals surface area contributed by atoms with Crippen molar-refractivity contribution in [1.29, 1.82) is 5.26 Å². The number of thioether (sulfide) groups is 1. The lowest BCUT2D eigenvalue weighted by Crippen LogP contribution is -2.04. The lowest BCUT2D eigenvalue weighted by atomic mass is 10.5. The summed E-state index contributed by atoms with van der Waals surface area (Å²) in [5.41, 5.74) is 0. The van der Waals surface area contributed by atoms with Gasteiger partial charge in [0, 0.05) is 4.88 Å². The Bertz CT molecular complexity index is 484. The fraction of sp³-hybridized carbons (Fsp3) is 0.333. The molecule has 0 saturated heterocycles. The van der Waals surface area contributed by atoms with Crippen molar-refractivity contribution in [2.75, 3.05) is 0 Å². The fourth-order valence-electron chi connectivity index (χ4n) is 1.11. The van der Waals surface area contributed by atoms with Gasteiger partial charge in [0.1, 0.15) is 0 Å². The molecule has 0 aromatic carbocycles. The zero-order valence-corrected chi connectivity index (χ0v) is 10.2. The van der Waals surface area contributed by atoms with Crippen molar-refractivity contribution in [2.45, 2.75) is 23.9 Å². The third-order valence-corrected chi connectivity index (χ3v) is 3.67. The van der Waals surface area contributed by atoms with E-state index in [9.17, 15) is 0 Å².